The number of rotatable bonds is 7. The van der Waals surface area contributed by atoms with Gasteiger partial charge in [0.2, 0.25) is 10.0 Å². The van der Waals surface area contributed by atoms with Crippen molar-refractivity contribution in [3.63, 3.8) is 0 Å². The molecule has 34 heavy (non-hydrogen) atoms. The molecule has 0 bridgehead atoms. The standard InChI is InChI=1S/C19H14ClFIN5O6S/c20-12-7-10(22)1-3-14(12)24-16-8-11(34(23,32)33)2-4-15(16)25-18-13(21)5-9(19(28)26-29)6-17(18)27(30)31/h1-8,24-25,29H,(H,26,28)(H2,23,32,33). The van der Waals surface area contributed by atoms with Crippen LogP contribution in [0.3, 0.4) is 0 Å². The van der Waals surface area contributed by atoms with Gasteiger partial charge in [-0.15, -0.1) is 0 Å². The molecule has 0 aliphatic carbocycles. The molecule has 178 valence electrons. The van der Waals surface area contributed by atoms with Gasteiger partial charge in [-0.25, -0.2) is 23.4 Å². The van der Waals surface area contributed by atoms with Gasteiger partial charge < -0.3 is 10.6 Å². The Morgan fingerprint density at radius 3 is 2.35 bits per heavy atom. The van der Waals surface area contributed by atoms with Crippen molar-refractivity contribution in [3.05, 3.63) is 78.6 Å². The normalized spacial score (nSPS) is 11.1. The average molecular weight is 622 g/mol. The van der Waals surface area contributed by atoms with Crippen molar-refractivity contribution in [1.29, 1.82) is 0 Å². The molecular weight excluding hydrogens is 608 g/mol. The number of nitrogens with zero attached hydrogens (tertiary/aromatic N) is 1. The molecule has 0 radical (unpaired) electrons. The third-order valence-electron chi connectivity index (χ3n) is 4.41. The van der Waals surface area contributed by atoms with E-state index in [0.717, 1.165) is 21.8 Å². The zero-order valence-electron chi connectivity index (χ0n) is 16.7. The Balaban J connectivity index is 2.14. The number of sulfonamides is 1. The van der Waals surface area contributed by atoms with Crippen LogP contribution in [-0.4, -0.2) is 24.5 Å². The second-order valence-corrected chi connectivity index (χ2v) is 9.89. The molecule has 3 aromatic carbocycles. The number of primary sulfonamides is 1. The molecule has 0 aliphatic heterocycles. The van der Waals surface area contributed by atoms with Gasteiger partial charge in [-0.05, 0) is 65.1 Å². The molecule has 0 saturated heterocycles. The van der Waals surface area contributed by atoms with E-state index in [1.165, 1.54) is 11.5 Å². The summed E-state index contributed by atoms with van der Waals surface area (Å²) in [4.78, 5) is 21.9. The van der Waals surface area contributed by atoms with Crippen LogP contribution in [0.5, 0.6) is 0 Å². The van der Waals surface area contributed by atoms with E-state index < -0.39 is 43.6 Å². The smallest absolute Gasteiger partial charge is 0.296 e. The third-order valence-corrected chi connectivity index (χ3v) is 6.30. The predicted molar refractivity (Wildman–Crippen MR) is 131 cm³/mol. The maximum absolute atomic E-state index is 14.8. The molecule has 0 atom stereocenters. The van der Waals surface area contributed by atoms with E-state index in [4.69, 9.17) is 21.9 Å². The molecule has 0 saturated carbocycles. The lowest BCUT2D eigenvalue weighted by molar-refractivity contribution is -0.384. The van der Waals surface area contributed by atoms with Crippen molar-refractivity contribution in [1.82, 2.24) is 5.48 Å². The molecular formula is C19H14ClFIN5O6S. The van der Waals surface area contributed by atoms with E-state index in [2.05, 4.69) is 10.6 Å². The third kappa shape index (κ3) is 5.71. The van der Waals surface area contributed by atoms with Crippen LogP contribution in [0.15, 0.2) is 53.4 Å². The zero-order chi connectivity index (χ0) is 25.2. The number of anilines is 4. The highest BCUT2D eigenvalue weighted by Crippen LogP contribution is 2.37. The van der Waals surface area contributed by atoms with Gasteiger partial charge in [0.15, 0.2) is 11.5 Å². The molecule has 0 aromatic heterocycles. The summed E-state index contributed by atoms with van der Waals surface area (Å²) in [5, 5.41) is 31.2. The van der Waals surface area contributed by atoms with Crippen molar-refractivity contribution < 1.29 is 27.7 Å². The van der Waals surface area contributed by atoms with Gasteiger partial charge in [-0.3, -0.25) is 20.1 Å². The molecule has 3 aromatic rings. The van der Waals surface area contributed by atoms with E-state index in [0.29, 0.717) is 11.8 Å². The summed E-state index contributed by atoms with van der Waals surface area (Å²) in [6.07, 6.45) is 0. The van der Waals surface area contributed by atoms with Gasteiger partial charge in [0.25, 0.3) is 11.6 Å². The highest BCUT2D eigenvalue weighted by atomic mass is 127. The Hall–Kier alpha value is -3.05. The van der Waals surface area contributed by atoms with Crippen LogP contribution >= 0.6 is 34.2 Å². The van der Waals surface area contributed by atoms with Crippen LogP contribution in [0, 0.1) is 19.5 Å². The lowest BCUT2D eigenvalue weighted by Gasteiger charge is -2.17. The average Bonchev–Trinajstić information content (AvgIpc) is 2.76. The first-order chi connectivity index (χ1) is 15.9. The van der Waals surface area contributed by atoms with E-state index in [9.17, 15) is 27.7 Å². The van der Waals surface area contributed by atoms with Gasteiger partial charge in [0.05, 0.1) is 37.5 Å². The minimum absolute atomic E-state index is 0.0309. The molecule has 6 N–H and O–H groups in total. The van der Waals surface area contributed by atoms with Crippen molar-refractivity contribution in [2.45, 2.75) is 4.90 Å². The van der Waals surface area contributed by atoms with Crippen molar-refractivity contribution >= 4 is 78.6 Å². The summed E-state index contributed by atoms with van der Waals surface area (Å²) in [5.41, 5.74) is -0.200. The van der Waals surface area contributed by atoms with Gasteiger partial charge in [0.1, 0.15) is 0 Å². The summed E-state index contributed by atoms with van der Waals surface area (Å²) in [6, 6.07) is 9.90. The zero-order valence-corrected chi connectivity index (χ0v) is 20.4. The Bertz CT molecular complexity index is 1420. The molecule has 0 unspecified atom stereocenters. The molecule has 0 heterocycles. The Morgan fingerprint density at radius 2 is 1.76 bits per heavy atom. The first-order valence-electron chi connectivity index (χ1n) is 8.99. The largest absolute Gasteiger partial charge is 0.353 e. The molecule has 0 aliphatic rings. The highest BCUT2D eigenvalue weighted by Gasteiger charge is 2.24. The highest BCUT2D eigenvalue weighted by molar-refractivity contribution is 14.1. The van der Waals surface area contributed by atoms with Crippen LogP contribution in [0.2, 0.25) is 5.02 Å². The number of halogens is 3. The number of amides is 1. The number of nitrogens with one attached hydrogen (secondary N) is 3. The molecule has 1 amide bonds. The second kappa shape index (κ2) is 10.1. The van der Waals surface area contributed by atoms with Gasteiger partial charge in [-0.2, -0.15) is 0 Å². The van der Waals surface area contributed by atoms with E-state index in [1.54, 1.807) is 18.2 Å². The minimum Gasteiger partial charge on any atom is -0.353 e. The Morgan fingerprint density at radius 1 is 1.09 bits per heavy atom. The number of hydrogen-bond acceptors (Lipinski definition) is 8. The van der Waals surface area contributed by atoms with Crippen LogP contribution in [0.25, 0.3) is 0 Å². The summed E-state index contributed by atoms with van der Waals surface area (Å²) >= 11 is 8.28. The molecule has 0 fully saturated rings. The SMILES string of the molecule is NS(=O)(=O)c1ccc(Nc2c(F)cc(C(=O)NO)cc2[N+](=O)[O-])c(Nc2ccc(I)cc2Cl)c1. The lowest BCUT2D eigenvalue weighted by atomic mass is 10.1. The summed E-state index contributed by atoms with van der Waals surface area (Å²) in [7, 11) is -4.12. The van der Waals surface area contributed by atoms with Crippen LogP contribution in [0.1, 0.15) is 10.4 Å². The van der Waals surface area contributed by atoms with Gasteiger partial charge in [-0.1, -0.05) is 11.6 Å². The monoisotopic (exact) mass is 621 g/mol. The Kier molecular flexibility index (Phi) is 7.57. The number of hydrogen-bond donors (Lipinski definition) is 5. The maximum atomic E-state index is 14.8. The van der Waals surface area contributed by atoms with Crippen molar-refractivity contribution in [3.8, 4) is 0 Å². The fourth-order valence-corrected chi connectivity index (χ4v) is 4.28. The summed E-state index contributed by atoms with van der Waals surface area (Å²) in [5.74, 6) is -2.33. The molecule has 0 spiro atoms. The number of nitro benzene ring substituents is 1. The number of nitrogens with two attached hydrogens (primary N) is 1. The second-order valence-electron chi connectivity index (χ2n) is 6.68. The number of benzene rings is 3. The van der Waals surface area contributed by atoms with Gasteiger partial charge >= 0.3 is 0 Å². The van der Waals surface area contributed by atoms with Crippen molar-refractivity contribution in [2.24, 2.45) is 5.14 Å². The quantitative estimate of drug-likeness (QED) is 0.113. The predicted octanol–water partition coefficient (Wildman–Crippen LogP) is 4.25. The fourth-order valence-electron chi connectivity index (χ4n) is 2.84. The van der Waals surface area contributed by atoms with E-state index in [1.807, 2.05) is 22.6 Å². The topological polar surface area (TPSA) is 177 Å². The van der Waals surface area contributed by atoms with Crippen molar-refractivity contribution in [2.75, 3.05) is 10.6 Å². The van der Waals surface area contributed by atoms with Gasteiger partial charge in [0, 0.05) is 9.64 Å². The number of nitro groups is 1. The van der Waals surface area contributed by atoms with Crippen LogP contribution in [-0.2, 0) is 10.0 Å². The molecule has 15 heteroatoms. The lowest BCUT2D eigenvalue weighted by Crippen LogP contribution is -2.19. The number of carbonyl (C=O) groups excluding carboxylic acids is 1. The summed E-state index contributed by atoms with van der Waals surface area (Å²) < 4.78 is 39.3. The minimum atomic E-state index is -4.12. The van der Waals surface area contributed by atoms with E-state index in [-0.39, 0.29) is 21.3 Å². The maximum Gasteiger partial charge on any atom is 0.296 e. The first-order valence-corrected chi connectivity index (χ1v) is 12.0. The first kappa shape index (κ1) is 25.6. The molecule has 11 nitrogen and oxygen atoms in total. The molecule has 3 rings (SSSR count). The van der Waals surface area contributed by atoms with E-state index >= 15 is 0 Å². The number of carbonyl (C=O) groups is 1. The Labute approximate surface area is 210 Å². The fraction of sp³-hybridized carbons (Fsp3) is 0. The summed E-state index contributed by atoms with van der Waals surface area (Å²) in [6.45, 7) is 0. The number of hydroxylamine groups is 1. The van der Waals surface area contributed by atoms with Crippen LogP contribution < -0.4 is 21.3 Å². The van der Waals surface area contributed by atoms with Crippen LogP contribution in [0.4, 0.5) is 32.8 Å².